The number of nitrogens with zero attached hydrogens (tertiary/aromatic N) is 1. The molecule has 0 aliphatic carbocycles. The zero-order valence-corrected chi connectivity index (χ0v) is 18.7. The predicted octanol–water partition coefficient (Wildman–Crippen LogP) is 4.91. The third-order valence-electron chi connectivity index (χ3n) is 4.60. The van der Waals surface area contributed by atoms with Gasteiger partial charge >= 0.3 is 0 Å². The van der Waals surface area contributed by atoms with Crippen molar-refractivity contribution >= 4 is 23.4 Å². The quantitative estimate of drug-likeness (QED) is 0.699. The first kappa shape index (κ1) is 23.0. The topological polar surface area (TPSA) is 49.4 Å². The smallest absolute Gasteiger partial charge is 0.243 e. The Morgan fingerprint density at radius 3 is 2.28 bits per heavy atom. The van der Waals surface area contributed by atoms with Crippen LogP contribution in [-0.2, 0) is 22.6 Å². The highest BCUT2D eigenvalue weighted by atomic mass is 35.5. The minimum absolute atomic E-state index is 0.0937. The zero-order valence-electron chi connectivity index (χ0n) is 18.0. The summed E-state index contributed by atoms with van der Waals surface area (Å²) in [4.78, 5) is 27.9. The van der Waals surface area contributed by atoms with E-state index in [1.807, 2.05) is 71.0 Å². The van der Waals surface area contributed by atoms with Gasteiger partial charge in [-0.25, -0.2) is 0 Å². The predicted molar refractivity (Wildman–Crippen MR) is 119 cm³/mol. The van der Waals surface area contributed by atoms with Crippen LogP contribution in [0, 0.1) is 6.92 Å². The zero-order chi connectivity index (χ0) is 21.6. The molecule has 0 heterocycles. The molecule has 0 spiro atoms. The number of rotatable bonds is 7. The molecule has 2 aromatic rings. The SMILES string of the molecule is CC[C@H](C(=O)NC(C)(C)C)N(Cc1ccc(C)cc1)C(=O)Cc1cccc(Cl)c1. The van der Waals surface area contributed by atoms with E-state index in [1.165, 1.54) is 0 Å². The second-order valence-electron chi connectivity index (χ2n) is 8.48. The molecule has 0 aromatic heterocycles. The number of hydrogen-bond acceptors (Lipinski definition) is 2. The van der Waals surface area contributed by atoms with Gasteiger partial charge in [-0.05, 0) is 57.4 Å². The fraction of sp³-hybridized carbons (Fsp3) is 0.417. The maximum Gasteiger partial charge on any atom is 0.243 e. The lowest BCUT2D eigenvalue weighted by atomic mass is 10.0. The van der Waals surface area contributed by atoms with Crippen LogP contribution in [0.3, 0.4) is 0 Å². The molecule has 0 saturated carbocycles. The number of carbonyl (C=O) groups excluding carboxylic acids is 2. The summed E-state index contributed by atoms with van der Waals surface area (Å²) in [5, 5.41) is 3.61. The van der Waals surface area contributed by atoms with Crippen molar-refractivity contribution in [2.24, 2.45) is 0 Å². The van der Waals surface area contributed by atoms with Crippen LogP contribution in [0.15, 0.2) is 48.5 Å². The van der Waals surface area contributed by atoms with Crippen molar-refractivity contribution in [1.82, 2.24) is 10.2 Å². The van der Waals surface area contributed by atoms with Crippen LogP contribution in [0.5, 0.6) is 0 Å². The van der Waals surface area contributed by atoms with Crippen LogP contribution in [0.25, 0.3) is 0 Å². The van der Waals surface area contributed by atoms with Crippen molar-refractivity contribution in [3.8, 4) is 0 Å². The van der Waals surface area contributed by atoms with E-state index in [9.17, 15) is 9.59 Å². The Morgan fingerprint density at radius 1 is 1.07 bits per heavy atom. The van der Waals surface area contributed by atoms with E-state index in [2.05, 4.69) is 5.32 Å². The van der Waals surface area contributed by atoms with Crippen LogP contribution in [0.4, 0.5) is 0 Å². The van der Waals surface area contributed by atoms with E-state index in [0.717, 1.165) is 16.7 Å². The minimum atomic E-state index is -0.540. The van der Waals surface area contributed by atoms with E-state index in [-0.39, 0.29) is 23.8 Å². The maximum absolute atomic E-state index is 13.3. The van der Waals surface area contributed by atoms with Crippen LogP contribution in [-0.4, -0.2) is 28.3 Å². The number of halogens is 1. The van der Waals surface area contributed by atoms with Gasteiger partial charge in [0.2, 0.25) is 11.8 Å². The summed E-state index contributed by atoms with van der Waals surface area (Å²) in [7, 11) is 0. The van der Waals surface area contributed by atoms with Gasteiger partial charge in [0.05, 0.1) is 6.42 Å². The van der Waals surface area contributed by atoms with Gasteiger partial charge in [-0.2, -0.15) is 0 Å². The average Bonchev–Trinajstić information content (AvgIpc) is 2.61. The van der Waals surface area contributed by atoms with Gasteiger partial charge in [-0.15, -0.1) is 0 Å². The molecule has 2 rings (SSSR count). The van der Waals surface area contributed by atoms with Crippen molar-refractivity contribution in [3.05, 3.63) is 70.2 Å². The Bertz CT molecular complexity index is 841. The van der Waals surface area contributed by atoms with Gasteiger partial charge in [0.25, 0.3) is 0 Å². The molecule has 2 aromatic carbocycles. The van der Waals surface area contributed by atoms with E-state index in [0.29, 0.717) is 18.0 Å². The van der Waals surface area contributed by atoms with Crippen LogP contribution in [0.1, 0.15) is 50.8 Å². The number of aryl methyl sites for hydroxylation is 1. The van der Waals surface area contributed by atoms with Gasteiger partial charge in [0, 0.05) is 17.1 Å². The molecule has 0 fully saturated rings. The summed E-state index contributed by atoms with van der Waals surface area (Å²) in [6, 6.07) is 14.8. The van der Waals surface area contributed by atoms with Crippen LogP contribution >= 0.6 is 11.6 Å². The van der Waals surface area contributed by atoms with Crippen LogP contribution in [0.2, 0.25) is 5.02 Å². The summed E-state index contributed by atoms with van der Waals surface area (Å²) < 4.78 is 0. The number of nitrogens with one attached hydrogen (secondary N) is 1. The number of amides is 2. The third-order valence-corrected chi connectivity index (χ3v) is 4.84. The Labute approximate surface area is 179 Å². The van der Waals surface area contributed by atoms with Crippen molar-refractivity contribution in [3.63, 3.8) is 0 Å². The monoisotopic (exact) mass is 414 g/mol. The number of carbonyl (C=O) groups is 2. The Morgan fingerprint density at radius 2 is 1.72 bits per heavy atom. The van der Waals surface area contributed by atoms with Crippen LogP contribution < -0.4 is 5.32 Å². The van der Waals surface area contributed by atoms with Gasteiger partial charge in [-0.3, -0.25) is 9.59 Å². The van der Waals surface area contributed by atoms with Crippen molar-refractivity contribution < 1.29 is 9.59 Å². The summed E-state index contributed by atoms with van der Waals surface area (Å²) in [6.45, 7) is 10.2. The number of hydrogen-bond donors (Lipinski definition) is 1. The minimum Gasteiger partial charge on any atom is -0.350 e. The fourth-order valence-electron chi connectivity index (χ4n) is 3.19. The highest BCUT2D eigenvalue weighted by Gasteiger charge is 2.30. The van der Waals surface area contributed by atoms with E-state index < -0.39 is 6.04 Å². The maximum atomic E-state index is 13.3. The second-order valence-corrected chi connectivity index (χ2v) is 8.91. The molecule has 4 nitrogen and oxygen atoms in total. The van der Waals surface area contributed by atoms with Gasteiger partial charge in [0.15, 0.2) is 0 Å². The Balaban J connectivity index is 2.30. The molecule has 0 radical (unpaired) electrons. The molecule has 1 N–H and O–H groups in total. The lowest BCUT2D eigenvalue weighted by Crippen LogP contribution is -2.53. The highest BCUT2D eigenvalue weighted by Crippen LogP contribution is 2.18. The van der Waals surface area contributed by atoms with Crippen molar-refractivity contribution in [2.45, 2.75) is 65.6 Å². The van der Waals surface area contributed by atoms with E-state index in [1.54, 1.807) is 17.0 Å². The first-order chi connectivity index (χ1) is 13.6. The lowest BCUT2D eigenvalue weighted by molar-refractivity contribution is -0.141. The molecule has 1 atom stereocenters. The molecule has 2 amide bonds. The molecule has 0 aliphatic heterocycles. The van der Waals surface area contributed by atoms with Gasteiger partial charge < -0.3 is 10.2 Å². The first-order valence-corrected chi connectivity index (χ1v) is 10.4. The molecule has 0 bridgehead atoms. The normalized spacial score (nSPS) is 12.3. The molecule has 5 heteroatoms. The van der Waals surface area contributed by atoms with Crippen molar-refractivity contribution in [1.29, 1.82) is 0 Å². The van der Waals surface area contributed by atoms with E-state index >= 15 is 0 Å². The molecular weight excluding hydrogens is 384 g/mol. The molecule has 156 valence electrons. The third kappa shape index (κ3) is 7.21. The molecule has 0 saturated heterocycles. The molecule has 0 unspecified atom stereocenters. The first-order valence-electron chi connectivity index (χ1n) is 10.0. The highest BCUT2D eigenvalue weighted by molar-refractivity contribution is 6.30. The number of benzene rings is 2. The average molecular weight is 415 g/mol. The summed E-state index contributed by atoms with van der Waals surface area (Å²) in [5.41, 5.74) is 2.62. The van der Waals surface area contributed by atoms with Crippen molar-refractivity contribution in [2.75, 3.05) is 0 Å². The van der Waals surface area contributed by atoms with Gasteiger partial charge in [0.1, 0.15) is 6.04 Å². The largest absolute Gasteiger partial charge is 0.350 e. The molecule has 29 heavy (non-hydrogen) atoms. The Hall–Kier alpha value is -2.33. The summed E-state index contributed by atoms with van der Waals surface area (Å²) in [5.74, 6) is -0.227. The lowest BCUT2D eigenvalue weighted by Gasteiger charge is -2.33. The van der Waals surface area contributed by atoms with Gasteiger partial charge in [-0.1, -0.05) is 60.5 Å². The Kier molecular flexibility index (Phi) is 7.86. The summed E-state index contributed by atoms with van der Waals surface area (Å²) in [6.07, 6.45) is 0.737. The molecule has 0 aliphatic rings. The fourth-order valence-corrected chi connectivity index (χ4v) is 3.40. The molecular formula is C24H31ClN2O2. The van der Waals surface area contributed by atoms with E-state index in [4.69, 9.17) is 11.6 Å². The summed E-state index contributed by atoms with van der Waals surface area (Å²) >= 11 is 6.08. The second kappa shape index (κ2) is 9.93. The standard InChI is InChI=1S/C24H31ClN2O2/c1-6-21(23(29)26-24(3,4)5)27(16-18-12-10-17(2)11-13-18)22(28)15-19-8-7-9-20(25)14-19/h7-14,21H,6,15-16H2,1-5H3,(H,26,29)/t21-/m1/s1.